The molecule has 0 aliphatic carbocycles. The molecule has 1 rings (SSSR count). The lowest BCUT2D eigenvalue weighted by molar-refractivity contribution is -0.116. The van der Waals surface area contributed by atoms with Crippen LogP contribution in [-0.2, 0) is 18.3 Å². The molecule has 12 heavy (non-hydrogen) atoms. The summed E-state index contributed by atoms with van der Waals surface area (Å²) >= 11 is 3.38. The average molecular weight is 231 g/mol. The Morgan fingerprint density at radius 1 is 1.67 bits per heavy atom. The number of carbonyl (C=O) groups is 1. The predicted octanol–water partition coefficient (Wildman–Crippen LogP) is 1.62. The van der Waals surface area contributed by atoms with E-state index < -0.39 is 0 Å². The number of rotatable bonds is 2. The minimum atomic E-state index is 0.159. The number of hydrogen-bond donors (Lipinski definition) is 0. The van der Waals surface area contributed by atoms with Crippen molar-refractivity contribution >= 4 is 21.7 Å². The molecule has 3 nitrogen and oxygen atoms in total. The summed E-state index contributed by atoms with van der Waals surface area (Å²) < 4.78 is 2.63. The number of ketones is 1. The van der Waals surface area contributed by atoms with Gasteiger partial charge in [0.05, 0.1) is 5.69 Å². The largest absolute Gasteiger partial charge is 0.300 e. The van der Waals surface area contributed by atoms with Gasteiger partial charge in [-0.15, -0.1) is 0 Å². The highest BCUT2D eigenvalue weighted by Crippen LogP contribution is 2.19. The molecule has 0 aliphatic rings. The number of hydrogen-bond acceptors (Lipinski definition) is 2. The number of aryl methyl sites for hydroxylation is 2. The second kappa shape index (κ2) is 3.39. The molecule has 0 spiro atoms. The Labute approximate surface area is 79.9 Å². The van der Waals surface area contributed by atoms with Crippen LogP contribution >= 0.6 is 15.9 Å². The predicted molar refractivity (Wildman–Crippen MR) is 50.0 cm³/mol. The molecule has 66 valence electrons. The van der Waals surface area contributed by atoms with Gasteiger partial charge in [0, 0.05) is 19.0 Å². The lowest BCUT2D eigenvalue weighted by atomic mass is 10.1. The minimum Gasteiger partial charge on any atom is -0.300 e. The van der Waals surface area contributed by atoms with Gasteiger partial charge in [0.1, 0.15) is 10.4 Å². The molecule has 4 heteroatoms. The van der Waals surface area contributed by atoms with Crippen molar-refractivity contribution in [2.75, 3.05) is 0 Å². The van der Waals surface area contributed by atoms with Crippen LogP contribution in [0.25, 0.3) is 0 Å². The van der Waals surface area contributed by atoms with E-state index in [1.54, 1.807) is 11.6 Å². The van der Waals surface area contributed by atoms with Crippen molar-refractivity contribution in [3.63, 3.8) is 0 Å². The molecule has 0 aromatic carbocycles. The summed E-state index contributed by atoms with van der Waals surface area (Å²) in [5.41, 5.74) is 1.91. The molecule has 1 aromatic heterocycles. The van der Waals surface area contributed by atoms with Gasteiger partial charge < -0.3 is 0 Å². The van der Waals surface area contributed by atoms with E-state index in [-0.39, 0.29) is 5.78 Å². The summed E-state index contributed by atoms with van der Waals surface area (Å²) in [5, 5.41) is 4.18. The SMILES string of the molecule is CC(=O)Cc1c(C)nn(C)c1Br. The molecule has 0 atom stereocenters. The van der Waals surface area contributed by atoms with Gasteiger partial charge in [-0.1, -0.05) is 0 Å². The van der Waals surface area contributed by atoms with Crippen LogP contribution in [0.15, 0.2) is 4.60 Å². The number of aromatic nitrogens is 2. The number of Topliss-reactive ketones (excluding diaryl/α,β-unsaturated/α-hetero) is 1. The van der Waals surface area contributed by atoms with Crippen molar-refractivity contribution in [1.29, 1.82) is 0 Å². The first-order valence-electron chi connectivity index (χ1n) is 3.69. The van der Waals surface area contributed by atoms with E-state index in [4.69, 9.17) is 0 Å². The normalized spacial score (nSPS) is 10.3. The summed E-state index contributed by atoms with van der Waals surface area (Å²) in [5.74, 6) is 0.159. The zero-order valence-electron chi connectivity index (χ0n) is 7.39. The standard InChI is InChI=1S/C8H11BrN2O/c1-5(12)4-7-6(2)10-11(3)8(7)9/h4H2,1-3H3. The Kier molecular flexibility index (Phi) is 2.67. The maximum absolute atomic E-state index is 10.9. The Hall–Kier alpha value is -0.640. The van der Waals surface area contributed by atoms with E-state index in [0.717, 1.165) is 15.9 Å². The zero-order valence-corrected chi connectivity index (χ0v) is 8.97. The van der Waals surface area contributed by atoms with E-state index >= 15 is 0 Å². The molecule has 0 fully saturated rings. The van der Waals surface area contributed by atoms with Crippen LogP contribution in [0.2, 0.25) is 0 Å². The van der Waals surface area contributed by atoms with Crippen molar-refractivity contribution in [3.8, 4) is 0 Å². The minimum absolute atomic E-state index is 0.159. The fraction of sp³-hybridized carbons (Fsp3) is 0.500. The van der Waals surface area contributed by atoms with Gasteiger partial charge in [0.15, 0.2) is 0 Å². The van der Waals surface area contributed by atoms with E-state index in [1.807, 2.05) is 14.0 Å². The lowest BCUT2D eigenvalue weighted by Gasteiger charge is -1.95. The van der Waals surface area contributed by atoms with Gasteiger partial charge in [0.25, 0.3) is 0 Å². The van der Waals surface area contributed by atoms with E-state index in [9.17, 15) is 4.79 Å². The van der Waals surface area contributed by atoms with Crippen LogP contribution in [0.3, 0.4) is 0 Å². The lowest BCUT2D eigenvalue weighted by Crippen LogP contribution is -1.97. The third kappa shape index (κ3) is 1.75. The summed E-state index contributed by atoms with van der Waals surface area (Å²) in [6, 6.07) is 0. The Morgan fingerprint density at radius 3 is 2.58 bits per heavy atom. The van der Waals surface area contributed by atoms with Gasteiger partial charge in [-0.25, -0.2) is 0 Å². The molecule has 0 bridgehead atoms. The maximum Gasteiger partial charge on any atom is 0.134 e. The summed E-state index contributed by atoms with van der Waals surface area (Å²) in [6.07, 6.45) is 0.459. The fourth-order valence-corrected chi connectivity index (χ4v) is 1.63. The molecular formula is C8H11BrN2O. The molecular weight excluding hydrogens is 220 g/mol. The average Bonchev–Trinajstić information content (AvgIpc) is 2.16. The summed E-state index contributed by atoms with van der Waals surface area (Å²) in [4.78, 5) is 10.9. The van der Waals surface area contributed by atoms with Crippen LogP contribution in [-0.4, -0.2) is 15.6 Å². The highest BCUT2D eigenvalue weighted by atomic mass is 79.9. The Morgan fingerprint density at radius 2 is 2.25 bits per heavy atom. The fourth-order valence-electron chi connectivity index (χ4n) is 1.12. The van der Waals surface area contributed by atoms with Crippen molar-refractivity contribution in [3.05, 3.63) is 15.9 Å². The highest BCUT2D eigenvalue weighted by molar-refractivity contribution is 9.10. The second-order valence-corrected chi connectivity index (χ2v) is 3.61. The molecule has 0 unspecified atom stereocenters. The molecule has 0 saturated heterocycles. The van der Waals surface area contributed by atoms with Gasteiger partial charge in [-0.2, -0.15) is 5.10 Å². The maximum atomic E-state index is 10.9. The number of carbonyl (C=O) groups excluding carboxylic acids is 1. The van der Waals surface area contributed by atoms with Gasteiger partial charge in [-0.3, -0.25) is 9.48 Å². The van der Waals surface area contributed by atoms with Crippen molar-refractivity contribution in [2.24, 2.45) is 7.05 Å². The number of nitrogens with zero attached hydrogens (tertiary/aromatic N) is 2. The molecule has 0 radical (unpaired) electrons. The van der Waals surface area contributed by atoms with Crippen molar-refractivity contribution in [1.82, 2.24) is 9.78 Å². The summed E-state index contributed by atoms with van der Waals surface area (Å²) in [7, 11) is 1.85. The van der Waals surface area contributed by atoms with Crippen LogP contribution in [0.1, 0.15) is 18.2 Å². The third-order valence-electron chi connectivity index (χ3n) is 1.70. The topological polar surface area (TPSA) is 34.9 Å². The van der Waals surface area contributed by atoms with Crippen LogP contribution in [0.4, 0.5) is 0 Å². The van der Waals surface area contributed by atoms with Crippen LogP contribution < -0.4 is 0 Å². The quantitative estimate of drug-likeness (QED) is 0.775. The summed E-state index contributed by atoms with van der Waals surface area (Å²) in [6.45, 7) is 3.49. The Bertz CT molecular complexity index is 317. The monoisotopic (exact) mass is 230 g/mol. The van der Waals surface area contributed by atoms with Gasteiger partial charge in [-0.05, 0) is 29.8 Å². The first kappa shape index (κ1) is 9.45. The molecule has 0 amide bonds. The van der Waals surface area contributed by atoms with E-state index in [0.29, 0.717) is 6.42 Å². The third-order valence-corrected chi connectivity index (χ3v) is 2.69. The number of halogens is 1. The Balaban J connectivity index is 3.05. The first-order chi connectivity index (χ1) is 5.52. The van der Waals surface area contributed by atoms with Crippen LogP contribution in [0, 0.1) is 6.92 Å². The molecule has 0 aliphatic heterocycles. The zero-order chi connectivity index (χ0) is 9.30. The second-order valence-electron chi connectivity index (χ2n) is 2.86. The van der Waals surface area contributed by atoms with Gasteiger partial charge >= 0.3 is 0 Å². The van der Waals surface area contributed by atoms with E-state index in [2.05, 4.69) is 21.0 Å². The van der Waals surface area contributed by atoms with Crippen LogP contribution in [0.5, 0.6) is 0 Å². The van der Waals surface area contributed by atoms with Crippen molar-refractivity contribution < 1.29 is 4.79 Å². The molecule has 0 saturated carbocycles. The molecule has 0 N–H and O–H groups in total. The highest BCUT2D eigenvalue weighted by Gasteiger charge is 2.11. The van der Waals surface area contributed by atoms with Gasteiger partial charge in [0.2, 0.25) is 0 Å². The van der Waals surface area contributed by atoms with E-state index in [1.165, 1.54) is 0 Å². The first-order valence-corrected chi connectivity index (χ1v) is 4.49. The smallest absolute Gasteiger partial charge is 0.134 e. The molecule has 1 heterocycles. The molecule has 1 aromatic rings. The van der Waals surface area contributed by atoms with Crippen molar-refractivity contribution in [2.45, 2.75) is 20.3 Å².